The lowest BCUT2D eigenvalue weighted by Gasteiger charge is -2.23. The molecule has 1 aromatic heterocycles. The van der Waals surface area contributed by atoms with Gasteiger partial charge in [-0.1, -0.05) is 57.1 Å². The molecule has 2 aromatic carbocycles. The molecule has 3 aromatic rings. The molecule has 0 radical (unpaired) electrons. The first-order valence-corrected chi connectivity index (χ1v) is 12.5. The predicted molar refractivity (Wildman–Crippen MR) is 138 cm³/mol. The summed E-state index contributed by atoms with van der Waals surface area (Å²) in [4.78, 5) is 45.0. The summed E-state index contributed by atoms with van der Waals surface area (Å²) in [5, 5.41) is 11.5. The number of rotatable bonds is 5. The Labute approximate surface area is 215 Å². The van der Waals surface area contributed by atoms with Crippen LogP contribution in [0.5, 0.6) is 0 Å². The largest absolute Gasteiger partial charge is 0.507 e. The third-order valence-corrected chi connectivity index (χ3v) is 7.40. The summed E-state index contributed by atoms with van der Waals surface area (Å²) in [7, 11) is 0. The predicted octanol–water partition coefficient (Wildman–Crippen LogP) is 5.63. The third kappa shape index (κ3) is 4.53. The number of aliphatic hydroxyl groups is 1. The van der Waals surface area contributed by atoms with Gasteiger partial charge in [0.25, 0.3) is 5.78 Å². The van der Waals surface area contributed by atoms with Crippen LogP contribution in [-0.2, 0) is 14.3 Å². The van der Waals surface area contributed by atoms with E-state index in [-0.39, 0.29) is 27.9 Å². The Kier molecular flexibility index (Phi) is 6.91. The van der Waals surface area contributed by atoms with Crippen LogP contribution in [0.2, 0.25) is 0 Å². The number of benzene rings is 2. The van der Waals surface area contributed by atoms with Gasteiger partial charge in [-0.3, -0.25) is 14.5 Å². The van der Waals surface area contributed by atoms with Crippen LogP contribution in [0.3, 0.4) is 0 Å². The van der Waals surface area contributed by atoms with Gasteiger partial charge in [-0.25, -0.2) is 9.78 Å². The maximum absolute atomic E-state index is 13.3. The van der Waals surface area contributed by atoms with Gasteiger partial charge in [-0.2, -0.15) is 0 Å². The van der Waals surface area contributed by atoms with Crippen molar-refractivity contribution in [1.82, 2.24) is 4.98 Å². The molecule has 1 aliphatic rings. The molecular formula is C26H23BrN2O5S. The van der Waals surface area contributed by atoms with Gasteiger partial charge in [0, 0.05) is 10.0 Å². The number of anilines is 1. The van der Waals surface area contributed by atoms with E-state index in [9.17, 15) is 19.5 Å². The maximum atomic E-state index is 13.3. The summed E-state index contributed by atoms with van der Waals surface area (Å²) < 4.78 is 5.93. The second kappa shape index (κ2) is 9.75. The van der Waals surface area contributed by atoms with Crippen LogP contribution >= 0.6 is 27.3 Å². The minimum absolute atomic E-state index is 0.0310. The van der Waals surface area contributed by atoms with E-state index < -0.39 is 23.7 Å². The fourth-order valence-electron chi connectivity index (χ4n) is 4.00. The number of ether oxygens (including phenoxy) is 1. The molecule has 2 heterocycles. The van der Waals surface area contributed by atoms with Gasteiger partial charge in [0.2, 0.25) is 0 Å². The summed E-state index contributed by atoms with van der Waals surface area (Å²) >= 11 is 4.39. The van der Waals surface area contributed by atoms with Gasteiger partial charge >= 0.3 is 11.9 Å². The Morgan fingerprint density at radius 3 is 2.49 bits per heavy atom. The Balaban J connectivity index is 1.94. The number of aryl methyl sites for hydroxylation is 3. The van der Waals surface area contributed by atoms with E-state index in [1.807, 2.05) is 26.0 Å². The van der Waals surface area contributed by atoms with Crippen molar-refractivity contribution in [2.45, 2.75) is 33.7 Å². The smallest absolute Gasteiger partial charge is 0.350 e. The molecule has 1 amide bonds. The summed E-state index contributed by atoms with van der Waals surface area (Å²) in [6.45, 7) is 7.26. The molecule has 1 fully saturated rings. The number of aliphatic hydroxyl groups excluding tert-OH is 1. The molecule has 1 saturated heterocycles. The first-order valence-electron chi connectivity index (χ1n) is 10.9. The van der Waals surface area contributed by atoms with Crippen molar-refractivity contribution in [2.24, 2.45) is 0 Å². The molecule has 0 bridgehead atoms. The molecular weight excluding hydrogens is 532 g/mol. The van der Waals surface area contributed by atoms with Crippen molar-refractivity contribution in [2.75, 3.05) is 11.5 Å². The number of esters is 1. The lowest BCUT2D eigenvalue weighted by molar-refractivity contribution is -0.132. The second-order valence-electron chi connectivity index (χ2n) is 8.17. The number of nitrogens with zero attached hydrogens (tertiary/aromatic N) is 2. The van der Waals surface area contributed by atoms with Crippen LogP contribution in [0, 0.1) is 20.8 Å². The van der Waals surface area contributed by atoms with Crippen LogP contribution in [0.25, 0.3) is 5.76 Å². The molecule has 1 aliphatic heterocycles. The molecule has 1 N–H and O–H groups in total. The summed E-state index contributed by atoms with van der Waals surface area (Å²) in [5.41, 5.74) is 3.13. The molecule has 4 rings (SSSR count). The van der Waals surface area contributed by atoms with Gasteiger partial charge in [-0.05, 0) is 57.0 Å². The fourth-order valence-corrected chi connectivity index (χ4v) is 5.25. The first-order chi connectivity index (χ1) is 16.6. The number of carbonyl (C=O) groups excluding carboxylic acids is 3. The zero-order chi connectivity index (χ0) is 25.4. The SMILES string of the molecule is CCOC(=O)c1sc(N2C(=O)C(=O)C(=C(O)c3cc(C)ccc3C)C2c2ccc(Br)cc2)nc1C. The average molecular weight is 555 g/mol. The second-order valence-corrected chi connectivity index (χ2v) is 10.1. The molecule has 1 atom stereocenters. The van der Waals surface area contributed by atoms with Crippen LogP contribution < -0.4 is 4.90 Å². The highest BCUT2D eigenvalue weighted by Crippen LogP contribution is 2.44. The number of hydrogen-bond acceptors (Lipinski definition) is 7. The zero-order valence-corrected chi connectivity index (χ0v) is 22.0. The molecule has 0 aliphatic carbocycles. The minimum Gasteiger partial charge on any atom is -0.507 e. The van der Waals surface area contributed by atoms with E-state index in [4.69, 9.17) is 4.74 Å². The quantitative estimate of drug-likeness (QED) is 0.190. The van der Waals surface area contributed by atoms with Crippen LogP contribution in [-0.4, -0.2) is 34.4 Å². The molecule has 0 saturated carbocycles. The molecule has 1 unspecified atom stereocenters. The van der Waals surface area contributed by atoms with Crippen LogP contribution in [0.15, 0.2) is 52.5 Å². The Bertz CT molecular complexity index is 1380. The number of carbonyl (C=O) groups is 3. The van der Waals surface area contributed by atoms with E-state index >= 15 is 0 Å². The highest BCUT2D eigenvalue weighted by Gasteiger charge is 2.48. The van der Waals surface area contributed by atoms with Gasteiger partial charge in [-0.15, -0.1) is 0 Å². The van der Waals surface area contributed by atoms with Crippen LogP contribution in [0.1, 0.15) is 50.6 Å². The van der Waals surface area contributed by atoms with Crippen molar-refractivity contribution >= 4 is 55.8 Å². The number of amides is 1. The maximum Gasteiger partial charge on any atom is 0.350 e. The number of Topliss-reactive ketones (excluding diaryl/α,β-unsaturated/α-hetero) is 1. The van der Waals surface area contributed by atoms with Crippen molar-refractivity contribution in [3.63, 3.8) is 0 Å². The van der Waals surface area contributed by atoms with E-state index in [0.29, 0.717) is 16.8 Å². The monoisotopic (exact) mass is 554 g/mol. The summed E-state index contributed by atoms with van der Waals surface area (Å²) in [6.07, 6.45) is 0. The Hall–Kier alpha value is -3.30. The van der Waals surface area contributed by atoms with E-state index in [1.165, 1.54) is 4.90 Å². The van der Waals surface area contributed by atoms with E-state index in [1.54, 1.807) is 44.2 Å². The minimum atomic E-state index is -0.927. The lowest BCUT2D eigenvalue weighted by Crippen LogP contribution is -2.29. The molecule has 7 nitrogen and oxygen atoms in total. The van der Waals surface area contributed by atoms with E-state index in [2.05, 4.69) is 20.9 Å². The highest BCUT2D eigenvalue weighted by atomic mass is 79.9. The zero-order valence-electron chi connectivity index (χ0n) is 19.6. The molecule has 35 heavy (non-hydrogen) atoms. The fraction of sp³-hybridized carbons (Fsp3) is 0.231. The van der Waals surface area contributed by atoms with Gasteiger partial charge < -0.3 is 9.84 Å². The van der Waals surface area contributed by atoms with Gasteiger partial charge in [0.15, 0.2) is 5.13 Å². The van der Waals surface area contributed by atoms with Gasteiger partial charge in [0.1, 0.15) is 10.6 Å². The topological polar surface area (TPSA) is 96.8 Å². The molecule has 180 valence electrons. The standard InChI is InChI=1S/C26H23BrN2O5S/c1-5-34-25(33)23-15(4)28-26(35-23)29-20(16-8-10-17(27)11-9-16)19(22(31)24(29)32)21(30)18-12-13(2)6-7-14(18)3/h6-12,20,30H,5H2,1-4H3. The molecule has 0 spiro atoms. The normalized spacial score (nSPS) is 17.2. The first kappa shape index (κ1) is 24.8. The van der Waals surface area contributed by atoms with Crippen molar-refractivity contribution in [1.29, 1.82) is 0 Å². The number of ketones is 1. The summed E-state index contributed by atoms with van der Waals surface area (Å²) in [5.74, 6) is -2.43. The number of halogens is 1. The van der Waals surface area contributed by atoms with Crippen molar-refractivity contribution in [3.8, 4) is 0 Å². The Morgan fingerprint density at radius 2 is 1.83 bits per heavy atom. The third-order valence-electron chi connectivity index (χ3n) is 5.73. The van der Waals surface area contributed by atoms with Crippen molar-refractivity contribution < 1.29 is 24.2 Å². The number of thiazole rings is 1. The summed E-state index contributed by atoms with van der Waals surface area (Å²) in [6, 6.07) is 11.8. The highest BCUT2D eigenvalue weighted by molar-refractivity contribution is 9.10. The number of aromatic nitrogens is 1. The van der Waals surface area contributed by atoms with Crippen LogP contribution in [0.4, 0.5) is 5.13 Å². The lowest BCUT2D eigenvalue weighted by atomic mass is 9.93. The average Bonchev–Trinajstić information content (AvgIpc) is 3.33. The number of hydrogen-bond donors (Lipinski definition) is 1. The molecule has 9 heteroatoms. The van der Waals surface area contributed by atoms with Gasteiger partial charge in [0.05, 0.1) is 23.9 Å². The van der Waals surface area contributed by atoms with E-state index in [0.717, 1.165) is 26.9 Å². The van der Waals surface area contributed by atoms with Crippen molar-refractivity contribution in [3.05, 3.63) is 85.3 Å². The Morgan fingerprint density at radius 1 is 1.14 bits per heavy atom.